The van der Waals surface area contributed by atoms with E-state index in [1.807, 2.05) is 0 Å². The van der Waals surface area contributed by atoms with Crippen molar-refractivity contribution >= 4 is 26.4 Å². The maximum atomic E-state index is 13.2. The number of pyridine rings is 1. The van der Waals surface area contributed by atoms with Gasteiger partial charge in [-0.15, -0.1) is 9.24 Å². The first-order chi connectivity index (χ1) is 13.9. The number of hydrogen-bond donors (Lipinski definition) is 2. The number of aromatic hydroxyl groups is 1. The van der Waals surface area contributed by atoms with Crippen molar-refractivity contribution in [2.24, 2.45) is 0 Å². The van der Waals surface area contributed by atoms with Gasteiger partial charge < -0.3 is 24.6 Å². The Labute approximate surface area is 167 Å². The topological polar surface area (TPSA) is 101 Å². The summed E-state index contributed by atoms with van der Waals surface area (Å²) in [6.07, 6.45) is 1.45. The summed E-state index contributed by atoms with van der Waals surface area (Å²) < 4.78 is 20.2. The summed E-state index contributed by atoms with van der Waals surface area (Å²) in [7, 11) is 2.38. The Balaban J connectivity index is 1.61. The molecule has 2 aromatic rings. The Morgan fingerprint density at radius 3 is 2.93 bits per heavy atom. The summed E-state index contributed by atoms with van der Waals surface area (Å²) in [6, 6.07) is 4.12. The number of halogens is 1. The van der Waals surface area contributed by atoms with Gasteiger partial charge in [0.1, 0.15) is 11.4 Å². The fraction of sp³-hybridized carbons (Fsp3) is 0.316. The molecule has 2 aliphatic heterocycles. The highest BCUT2D eigenvalue weighted by Gasteiger charge is 2.38. The molecule has 0 radical (unpaired) electrons. The average molecular weight is 419 g/mol. The molecular weight excluding hydrogens is 400 g/mol. The molecule has 0 aliphatic carbocycles. The van der Waals surface area contributed by atoms with Gasteiger partial charge in [-0.1, -0.05) is 6.07 Å². The fourth-order valence-corrected chi connectivity index (χ4v) is 3.91. The van der Waals surface area contributed by atoms with Crippen LogP contribution in [-0.2, 0) is 17.8 Å². The lowest BCUT2D eigenvalue weighted by atomic mass is 10.1. The van der Waals surface area contributed by atoms with Crippen molar-refractivity contribution in [3.8, 4) is 5.75 Å². The molecule has 1 aromatic carbocycles. The molecule has 1 aromatic heterocycles. The van der Waals surface area contributed by atoms with Gasteiger partial charge in [0, 0.05) is 19.3 Å². The van der Waals surface area contributed by atoms with Gasteiger partial charge in [0.05, 0.1) is 13.2 Å². The van der Waals surface area contributed by atoms with E-state index in [1.165, 1.54) is 33.9 Å². The zero-order valence-corrected chi connectivity index (χ0v) is 16.5. The van der Waals surface area contributed by atoms with Gasteiger partial charge in [-0.2, -0.15) is 0 Å². The smallest absolute Gasteiger partial charge is 0.276 e. The summed E-state index contributed by atoms with van der Waals surface area (Å²) in [4.78, 5) is 39.3. The zero-order valence-electron chi connectivity index (χ0n) is 15.4. The number of carbonyl (C=O) groups is 2. The molecular formula is C19H19FN3O5P. The lowest BCUT2D eigenvalue weighted by Crippen LogP contribution is -2.53. The second kappa shape index (κ2) is 7.57. The van der Waals surface area contributed by atoms with Crippen LogP contribution in [-0.4, -0.2) is 45.8 Å². The monoisotopic (exact) mass is 419 g/mol. The van der Waals surface area contributed by atoms with Crippen molar-refractivity contribution in [3.63, 3.8) is 0 Å². The predicted octanol–water partition coefficient (Wildman–Crippen LogP) is 0.326. The Morgan fingerprint density at radius 1 is 1.38 bits per heavy atom. The van der Waals surface area contributed by atoms with E-state index in [1.54, 1.807) is 0 Å². The molecule has 2 aliphatic rings. The molecule has 2 amide bonds. The van der Waals surface area contributed by atoms with Crippen LogP contribution in [0.2, 0.25) is 0 Å². The van der Waals surface area contributed by atoms with Gasteiger partial charge in [-0.05, 0) is 29.4 Å². The van der Waals surface area contributed by atoms with Crippen molar-refractivity contribution in [1.29, 1.82) is 0 Å². The first-order valence-electron chi connectivity index (χ1n) is 9.08. The molecule has 3 heterocycles. The number of rotatable bonds is 3. The summed E-state index contributed by atoms with van der Waals surface area (Å²) in [6.45, 7) is 1.27. The van der Waals surface area contributed by atoms with E-state index < -0.39 is 35.0 Å². The standard InChI is InChI=1S/C19H19FN3O5P/c20-11-3-2-10(13(29)6-11)7-21-18(26)12-8-22-9-14-23(4-1-5-28-14)19(27)15(22)17(25)16(12)24/h2-3,6,8,14,25H,1,4-5,7,9,29H2,(H,21,26). The van der Waals surface area contributed by atoms with Gasteiger partial charge in [-0.25, -0.2) is 4.39 Å². The van der Waals surface area contributed by atoms with Crippen molar-refractivity contribution in [3.05, 3.63) is 57.3 Å². The number of ether oxygens (including phenoxy) is 1. The van der Waals surface area contributed by atoms with Crippen LogP contribution >= 0.6 is 9.24 Å². The summed E-state index contributed by atoms with van der Waals surface area (Å²) in [5, 5.41) is 13.5. The first kappa shape index (κ1) is 19.5. The number of hydrogen-bond acceptors (Lipinski definition) is 5. The van der Waals surface area contributed by atoms with Gasteiger partial charge in [-0.3, -0.25) is 14.4 Å². The van der Waals surface area contributed by atoms with Crippen LogP contribution in [0, 0.1) is 5.82 Å². The van der Waals surface area contributed by atoms with E-state index in [9.17, 15) is 23.9 Å². The zero-order chi connectivity index (χ0) is 20.7. The van der Waals surface area contributed by atoms with Gasteiger partial charge in [0.25, 0.3) is 11.8 Å². The van der Waals surface area contributed by atoms with E-state index in [4.69, 9.17) is 4.74 Å². The number of nitrogens with one attached hydrogen (secondary N) is 1. The minimum Gasteiger partial charge on any atom is -0.503 e. The Kier molecular flexibility index (Phi) is 5.10. The number of aromatic nitrogens is 1. The summed E-state index contributed by atoms with van der Waals surface area (Å²) in [5.74, 6) is -2.35. The molecule has 0 bridgehead atoms. The van der Waals surface area contributed by atoms with Crippen LogP contribution in [0.15, 0.2) is 29.2 Å². The fourth-order valence-electron chi connectivity index (χ4n) is 3.55. The minimum absolute atomic E-state index is 0.0678. The number of benzene rings is 1. The van der Waals surface area contributed by atoms with Crippen molar-refractivity contribution in [2.45, 2.75) is 25.7 Å². The number of amides is 2. The molecule has 0 spiro atoms. The van der Waals surface area contributed by atoms with Gasteiger partial charge in [0.2, 0.25) is 5.43 Å². The minimum atomic E-state index is -0.913. The molecule has 1 fully saturated rings. The number of carbonyl (C=O) groups excluding carboxylic acids is 2. The third-order valence-corrected chi connectivity index (χ3v) is 5.60. The van der Waals surface area contributed by atoms with Crippen LogP contribution < -0.4 is 16.1 Å². The largest absolute Gasteiger partial charge is 0.503 e. The lowest BCUT2D eigenvalue weighted by molar-refractivity contribution is -0.0920. The second-order valence-electron chi connectivity index (χ2n) is 6.92. The average Bonchev–Trinajstić information content (AvgIpc) is 2.70. The van der Waals surface area contributed by atoms with E-state index in [2.05, 4.69) is 14.6 Å². The predicted molar refractivity (Wildman–Crippen MR) is 105 cm³/mol. The number of fused-ring (bicyclic) bond motifs is 2. The van der Waals surface area contributed by atoms with Crippen molar-refractivity contribution in [2.75, 3.05) is 13.2 Å². The van der Waals surface area contributed by atoms with E-state index in [-0.39, 0.29) is 24.3 Å². The second-order valence-corrected chi connectivity index (χ2v) is 7.55. The molecule has 1 saturated heterocycles. The third kappa shape index (κ3) is 3.52. The Hall–Kier alpha value is -2.77. The normalized spacial score (nSPS) is 18.2. The number of nitrogens with zero attached hydrogens (tertiary/aromatic N) is 2. The van der Waals surface area contributed by atoms with E-state index in [0.29, 0.717) is 30.4 Å². The molecule has 0 saturated carbocycles. The van der Waals surface area contributed by atoms with Crippen LogP contribution in [0.4, 0.5) is 4.39 Å². The van der Waals surface area contributed by atoms with Crippen molar-refractivity contribution in [1.82, 2.24) is 14.8 Å². The molecule has 29 heavy (non-hydrogen) atoms. The highest BCUT2D eigenvalue weighted by molar-refractivity contribution is 7.27. The van der Waals surface area contributed by atoms with Gasteiger partial charge >= 0.3 is 0 Å². The van der Waals surface area contributed by atoms with Crippen LogP contribution in [0.1, 0.15) is 32.8 Å². The lowest BCUT2D eigenvalue weighted by Gasteiger charge is -2.40. The molecule has 4 rings (SSSR count). The first-order valence-corrected chi connectivity index (χ1v) is 9.65. The van der Waals surface area contributed by atoms with Crippen molar-refractivity contribution < 1.29 is 23.8 Å². The van der Waals surface area contributed by atoms with Crippen LogP contribution in [0.3, 0.4) is 0 Å². The molecule has 152 valence electrons. The molecule has 2 unspecified atom stereocenters. The summed E-state index contributed by atoms with van der Waals surface area (Å²) in [5.41, 5.74) is -0.674. The summed E-state index contributed by atoms with van der Waals surface area (Å²) >= 11 is 0. The highest BCUT2D eigenvalue weighted by atomic mass is 31.0. The van der Waals surface area contributed by atoms with Crippen LogP contribution in [0.25, 0.3) is 0 Å². The van der Waals surface area contributed by atoms with E-state index in [0.717, 1.165) is 0 Å². The van der Waals surface area contributed by atoms with Gasteiger partial charge in [0.15, 0.2) is 17.7 Å². The Morgan fingerprint density at radius 2 is 2.17 bits per heavy atom. The Bertz CT molecular complexity index is 1070. The SMILES string of the molecule is O=C(NCc1ccc(F)cc1P)c1cn2c(c(O)c1=O)C(=O)N1CCCOC1C2. The molecule has 2 N–H and O–H groups in total. The quantitative estimate of drug-likeness (QED) is 0.699. The maximum absolute atomic E-state index is 13.2. The maximum Gasteiger partial charge on any atom is 0.276 e. The van der Waals surface area contributed by atoms with Crippen LogP contribution in [0.5, 0.6) is 5.75 Å². The third-order valence-electron chi connectivity index (χ3n) is 5.07. The molecule has 8 nitrogen and oxygen atoms in total. The molecule has 10 heteroatoms. The van der Waals surface area contributed by atoms with E-state index >= 15 is 0 Å². The molecule has 2 atom stereocenters. The highest BCUT2D eigenvalue weighted by Crippen LogP contribution is 2.26.